The van der Waals surface area contributed by atoms with Crippen molar-refractivity contribution in [3.63, 3.8) is 0 Å². The van der Waals surface area contributed by atoms with Crippen molar-refractivity contribution in [1.29, 1.82) is 0 Å². The first kappa shape index (κ1) is 11.2. The van der Waals surface area contributed by atoms with Gasteiger partial charge in [-0.05, 0) is 41.1 Å². The smallest absolute Gasteiger partial charge is 0.155 e. The first-order valence-corrected chi connectivity index (χ1v) is 7.35. The van der Waals surface area contributed by atoms with Gasteiger partial charge in [0.05, 0.1) is 6.04 Å². The average molecular weight is 328 g/mol. The van der Waals surface area contributed by atoms with Crippen LogP contribution in [0.2, 0.25) is 5.15 Å². The molecule has 3 heterocycles. The standard InChI is InChI=1S/C12H12BrClN4/c13-10-9-11(14)15-3-4-18(9)12(17-10)8-6-1-2-7(5-6)16-8/h3-4,6-8,16H,1-2,5H2/t6-,7+,8-/m0/s1. The molecule has 1 saturated carbocycles. The SMILES string of the molecule is Clc1nccn2c([C@H]3N[C@@H]4CC[C@H]3C4)nc(Br)c12. The Morgan fingerprint density at radius 2 is 2.33 bits per heavy atom. The number of hydrogen-bond acceptors (Lipinski definition) is 3. The summed E-state index contributed by atoms with van der Waals surface area (Å²) in [5.74, 6) is 1.76. The molecule has 1 saturated heterocycles. The molecule has 2 aromatic rings. The number of fused-ring (bicyclic) bond motifs is 3. The number of piperidine rings is 1. The van der Waals surface area contributed by atoms with Crippen LogP contribution in [0.3, 0.4) is 0 Å². The molecule has 6 heteroatoms. The fourth-order valence-corrected chi connectivity index (χ4v) is 4.26. The zero-order valence-electron chi connectivity index (χ0n) is 9.61. The van der Waals surface area contributed by atoms with Crippen LogP contribution in [0.15, 0.2) is 17.0 Å². The van der Waals surface area contributed by atoms with Gasteiger partial charge in [-0.1, -0.05) is 11.6 Å². The van der Waals surface area contributed by atoms with Crippen LogP contribution in [0, 0.1) is 5.92 Å². The van der Waals surface area contributed by atoms with Gasteiger partial charge in [-0.25, -0.2) is 9.97 Å². The van der Waals surface area contributed by atoms with E-state index in [0.29, 0.717) is 23.2 Å². The van der Waals surface area contributed by atoms with E-state index in [0.717, 1.165) is 15.9 Å². The summed E-state index contributed by atoms with van der Waals surface area (Å²) in [4.78, 5) is 8.75. The molecule has 2 bridgehead atoms. The van der Waals surface area contributed by atoms with E-state index in [1.165, 1.54) is 19.3 Å². The van der Waals surface area contributed by atoms with Gasteiger partial charge < -0.3 is 5.32 Å². The second kappa shape index (κ2) is 3.92. The van der Waals surface area contributed by atoms with Gasteiger partial charge >= 0.3 is 0 Å². The normalized spacial score (nSPS) is 30.4. The van der Waals surface area contributed by atoms with E-state index in [9.17, 15) is 0 Å². The lowest BCUT2D eigenvalue weighted by atomic mass is 9.99. The largest absolute Gasteiger partial charge is 0.304 e. The number of imidazole rings is 1. The van der Waals surface area contributed by atoms with E-state index in [1.807, 2.05) is 6.20 Å². The lowest BCUT2D eigenvalue weighted by molar-refractivity contribution is 0.376. The molecule has 2 fully saturated rings. The fourth-order valence-electron chi connectivity index (χ4n) is 3.35. The first-order valence-electron chi connectivity index (χ1n) is 6.18. The Kier molecular flexibility index (Phi) is 2.44. The summed E-state index contributed by atoms with van der Waals surface area (Å²) in [5.41, 5.74) is 0.860. The van der Waals surface area contributed by atoms with E-state index in [2.05, 4.69) is 35.6 Å². The van der Waals surface area contributed by atoms with Crippen molar-refractivity contribution in [1.82, 2.24) is 19.7 Å². The quantitative estimate of drug-likeness (QED) is 0.875. The molecule has 0 unspecified atom stereocenters. The minimum atomic E-state index is 0.348. The maximum atomic E-state index is 6.14. The molecule has 1 aliphatic carbocycles. The number of halogens is 2. The van der Waals surface area contributed by atoms with E-state index in [-0.39, 0.29) is 0 Å². The molecular formula is C12H12BrClN4. The Morgan fingerprint density at radius 1 is 1.44 bits per heavy atom. The molecule has 4 nitrogen and oxygen atoms in total. The third-order valence-electron chi connectivity index (χ3n) is 4.13. The van der Waals surface area contributed by atoms with E-state index in [4.69, 9.17) is 11.6 Å². The Balaban J connectivity index is 1.88. The second-order valence-electron chi connectivity index (χ2n) is 5.11. The average Bonchev–Trinajstić information content (AvgIpc) is 3.03. The predicted molar refractivity (Wildman–Crippen MR) is 72.7 cm³/mol. The maximum Gasteiger partial charge on any atom is 0.155 e. The minimum absolute atomic E-state index is 0.348. The molecular weight excluding hydrogens is 316 g/mol. The third kappa shape index (κ3) is 1.47. The zero-order chi connectivity index (χ0) is 12.3. The number of aromatic nitrogens is 3. The van der Waals surface area contributed by atoms with Gasteiger partial charge in [0.1, 0.15) is 15.9 Å². The third-order valence-corrected chi connectivity index (χ3v) is 4.96. The topological polar surface area (TPSA) is 42.2 Å². The molecule has 0 aromatic carbocycles. The van der Waals surface area contributed by atoms with Crippen molar-refractivity contribution < 1.29 is 0 Å². The Labute approximate surface area is 118 Å². The van der Waals surface area contributed by atoms with Crippen LogP contribution in [-0.4, -0.2) is 20.4 Å². The molecule has 0 spiro atoms. The summed E-state index contributed by atoms with van der Waals surface area (Å²) in [7, 11) is 0. The molecule has 1 aliphatic heterocycles. The molecule has 94 valence electrons. The van der Waals surface area contributed by atoms with Crippen LogP contribution in [-0.2, 0) is 0 Å². The summed E-state index contributed by atoms with van der Waals surface area (Å²) < 4.78 is 2.83. The second-order valence-corrected chi connectivity index (χ2v) is 6.22. The number of nitrogens with one attached hydrogen (secondary N) is 1. The summed E-state index contributed by atoms with van der Waals surface area (Å²) >= 11 is 9.62. The lowest BCUT2D eigenvalue weighted by Crippen LogP contribution is -2.30. The van der Waals surface area contributed by atoms with Crippen molar-refractivity contribution in [2.75, 3.05) is 0 Å². The van der Waals surface area contributed by atoms with Gasteiger partial charge in [-0.3, -0.25) is 4.40 Å². The van der Waals surface area contributed by atoms with Gasteiger partial charge in [0, 0.05) is 18.4 Å². The van der Waals surface area contributed by atoms with E-state index < -0.39 is 0 Å². The number of nitrogens with zero attached hydrogens (tertiary/aromatic N) is 3. The van der Waals surface area contributed by atoms with Crippen LogP contribution < -0.4 is 5.32 Å². The van der Waals surface area contributed by atoms with Crippen LogP contribution in [0.25, 0.3) is 5.52 Å². The van der Waals surface area contributed by atoms with Crippen molar-refractivity contribution >= 4 is 33.0 Å². The highest BCUT2D eigenvalue weighted by atomic mass is 79.9. The maximum absolute atomic E-state index is 6.14. The Bertz CT molecular complexity index is 626. The van der Waals surface area contributed by atoms with Gasteiger partial charge in [0.25, 0.3) is 0 Å². The van der Waals surface area contributed by atoms with Crippen molar-refractivity contribution in [2.24, 2.45) is 5.92 Å². The van der Waals surface area contributed by atoms with Gasteiger partial charge in [0.15, 0.2) is 5.15 Å². The minimum Gasteiger partial charge on any atom is -0.304 e. The van der Waals surface area contributed by atoms with Gasteiger partial charge in [0.2, 0.25) is 0 Å². The number of hydrogen-bond donors (Lipinski definition) is 1. The highest BCUT2D eigenvalue weighted by Crippen LogP contribution is 2.43. The van der Waals surface area contributed by atoms with E-state index >= 15 is 0 Å². The van der Waals surface area contributed by atoms with Gasteiger partial charge in [-0.2, -0.15) is 0 Å². The van der Waals surface area contributed by atoms with Gasteiger partial charge in [-0.15, -0.1) is 0 Å². The van der Waals surface area contributed by atoms with Crippen LogP contribution in [0.1, 0.15) is 31.1 Å². The monoisotopic (exact) mass is 326 g/mol. The van der Waals surface area contributed by atoms with Crippen molar-refractivity contribution in [3.8, 4) is 0 Å². The summed E-state index contributed by atoms with van der Waals surface area (Å²) in [6.45, 7) is 0. The Morgan fingerprint density at radius 3 is 3.06 bits per heavy atom. The van der Waals surface area contributed by atoms with Crippen LogP contribution in [0.5, 0.6) is 0 Å². The molecule has 2 aliphatic rings. The first-order chi connectivity index (χ1) is 8.74. The molecule has 3 atom stereocenters. The number of rotatable bonds is 1. The zero-order valence-corrected chi connectivity index (χ0v) is 11.9. The summed E-state index contributed by atoms with van der Waals surface area (Å²) in [6, 6.07) is 1.02. The lowest BCUT2D eigenvalue weighted by Gasteiger charge is -2.21. The highest BCUT2D eigenvalue weighted by molar-refractivity contribution is 9.10. The molecule has 18 heavy (non-hydrogen) atoms. The molecule has 0 amide bonds. The summed E-state index contributed by atoms with van der Waals surface area (Å²) in [6.07, 6.45) is 7.53. The predicted octanol–water partition coefficient (Wildman–Crippen LogP) is 2.96. The van der Waals surface area contributed by atoms with Crippen molar-refractivity contribution in [2.45, 2.75) is 31.3 Å². The van der Waals surface area contributed by atoms with Crippen LogP contribution in [0.4, 0.5) is 0 Å². The molecule has 1 N–H and O–H groups in total. The van der Waals surface area contributed by atoms with Crippen molar-refractivity contribution in [3.05, 3.63) is 28.0 Å². The molecule has 4 rings (SSSR count). The molecule has 0 radical (unpaired) electrons. The fraction of sp³-hybridized carbons (Fsp3) is 0.500. The van der Waals surface area contributed by atoms with Crippen LogP contribution >= 0.6 is 27.5 Å². The Hall–Kier alpha value is -0.650. The highest BCUT2D eigenvalue weighted by Gasteiger charge is 2.41. The summed E-state index contributed by atoms with van der Waals surface area (Å²) in [5, 5.41) is 4.16. The van der Waals surface area contributed by atoms with E-state index in [1.54, 1.807) is 6.20 Å². The molecule has 2 aromatic heterocycles.